The van der Waals surface area contributed by atoms with Crippen molar-refractivity contribution in [2.45, 2.75) is 32.6 Å². The molecule has 0 heterocycles. The molecule has 19 heavy (non-hydrogen) atoms. The van der Waals surface area contributed by atoms with Gasteiger partial charge in [-0.25, -0.2) is 0 Å². The van der Waals surface area contributed by atoms with E-state index in [1.807, 2.05) is 25.1 Å². The van der Waals surface area contributed by atoms with Gasteiger partial charge >= 0.3 is 0 Å². The zero-order valence-corrected chi connectivity index (χ0v) is 11.8. The van der Waals surface area contributed by atoms with Gasteiger partial charge in [0.15, 0.2) is 0 Å². The van der Waals surface area contributed by atoms with E-state index in [-0.39, 0.29) is 0 Å². The van der Waals surface area contributed by atoms with Crippen LogP contribution in [0.1, 0.15) is 29.2 Å². The molecule has 0 aromatic heterocycles. The Morgan fingerprint density at radius 3 is 2.42 bits per heavy atom. The summed E-state index contributed by atoms with van der Waals surface area (Å²) in [5.74, 6) is 0. The molecule has 0 amide bonds. The monoisotopic (exact) mass is 252 g/mol. The van der Waals surface area contributed by atoms with Gasteiger partial charge in [0.1, 0.15) is 6.29 Å². The first-order chi connectivity index (χ1) is 9.05. The molecule has 98 valence electrons. The molecule has 0 aliphatic heterocycles. The van der Waals surface area contributed by atoms with Gasteiger partial charge in [0.25, 0.3) is 0 Å². The number of aldehydes is 1. The first kappa shape index (κ1) is 13.5. The molecule has 1 nitrogen and oxygen atoms in total. The normalized spacial score (nSPS) is 13.8. The molecule has 0 N–H and O–H groups in total. The highest BCUT2D eigenvalue weighted by atomic mass is 16.1. The quantitative estimate of drug-likeness (QED) is 0.752. The van der Waals surface area contributed by atoms with E-state index in [1.54, 1.807) is 0 Å². The molecular weight excluding hydrogens is 232 g/mol. The lowest BCUT2D eigenvalue weighted by molar-refractivity contribution is -0.112. The summed E-state index contributed by atoms with van der Waals surface area (Å²) < 4.78 is 0. The van der Waals surface area contributed by atoms with Crippen LogP contribution in [0.5, 0.6) is 0 Å². The lowest BCUT2D eigenvalue weighted by Gasteiger charge is -2.26. The van der Waals surface area contributed by atoms with Crippen LogP contribution in [-0.4, -0.2) is 6.29 Å². The number of carbonyl (C=O) groups excluding carboxylic acids is 1. The van der Waals surface area contributed by atoms with Crippen LogP contribution in [0, 0.1) is 13.8 Å². The van der Waals surface area contributed by atoms with Crippen molar-refractivity contribution in [1.29, 1.82) is 0 Å². The molecule has 0 saturated carbocycles. The zero-order valence-electron chi connectivity index (χ0n) is 11.8. The SMILES string of the molecule is Cc1cccc(CC(C)(C=O)c2ccccc2C)c1. The first-order valence-electron chi connectivity index (χ1n) is 6.63. The van der Waals surface area contributed by atoms with Crippen molar-refractivity contribution in [2.75, 3.05) is 0 Å². The molecule has 0 radical (unpaired) electrons. The highest BCUT2D eigenvalue weighted by Crippen LogP contribution is 2.28. The van der Waals surface area contributed by atoms with Crippen molar-refractivity contribution in [3.05, 3.63) is 70.8 Å². The van der Waals surface area contributed by atoms with Gasteiger partial charge in [0.05, 0.1) is 5.41 Å². The average Bonchev–Trinajstić information content (AvgIpc) is 2.39. The zero-order chi connectivity index (χ0) is 13.9. The van der Waals surface area contributed by atoms with Crippen LogP contribution in [0.3, 0.4) is 0 Å². The largest absolute Gasteiger partial charge is 0.302 e. The van der Waals surface area contributed by atoms with Crippen molar-refractivity contribution in [3.63, 3.8) is 0 Å². The second kappa shape index (κ2) is 5.40. The fraction of sp³-hybridized carbons (Fsp3) is 0.278. The third-order valence-corrected chi connectivity index (χ3v) is 3.67. The highest BCUT2D eigenvalue weighted by molar-refractivity contribution is 5.69. The summed E-state index contributed by atoms with van der Waals surface area (Å²) in [5.41, 5.74) is 4.27. The summed E-state index contributed by atoms with van der Waals surface area (Å²) >= 11 is 0. The Hall–Kier alpha value is -1.89. The average molecular weight is 252 g/mol. The molecule has 0 fully saturated rings. The van der Waals surface area contributed by atoms with Crippen LogP contribution in [0.25, 0.3) is 0 Å². The van der Waals surface area contributed by atoms with E-state index in [1.165, 1.54) is 16.7 Å². The van der Waals surface area contributed by atoms with Crippen molar-refractivity contribution in [2.24, 2.45) is 0 Å². The second-order valence-corrected chi connectivity index (χ2v) is 5.52. The summed E-state index contributed by atoms with van der Waals surface area (Å²) in [6.07, 6.45) is 1.82. The molecule has 1 heteroatoms. The van der Waals surface area contributed by atoms with Gasteiger partial charge in [-0.3, -0.25) is 0 Å². The molecule has 0 aliphatic carbocycles. The highest BCUT2D eigenvalue weighted by Gasteiger charge is 2.27. The van der Waals surface area contributed by atoms with E-state index in [9.17, 15) is 4.79 Å². The van der Waals surface area contributed by atoms with Gasteiger partial charge in [-0.1, -0.05) is 54.1 Å². The van der Waals surface area contributed by atoms with Crippen molar-refractivity contribution in [1.82, 2.24) is 0 Å². The number of hydrogen-bond donors (Lipinski definition) is 0. The second-order valence-electron chi connectivity index (χ2n) is 5.52. The summed E-state index contributed by atoms with van der Waals surface area (Å²) in [6.45, 7) is 6.16. The van der Waals surface area contributed by atoms with Crippen LogP contribution in [-0.2, 0) is 16.6 Å². The summed E-state index contributed by atoms with van der Waals surface area (Å²) in [4.78, 5) is 11.7. The van der Waals surface area contributed by atoms with E-state index in [0.29, 0.717) is 0 Å². The molecule has 0 saturated heterocycles. The van der Waals surface area contributed by atoms with Gasteiger partial charge in [-0.15, -0.1) is 0 Å². The van der Waals surface area contributed by atoms with Crippen LogP contribution in [0.15, 0.2) is 48.5 Å². The van der Waals surface area contributed by atoms with E-state index in [2.05, 4.69) is 44.2 Å². The minimum absolute atomic E-state index is 0.459. The van der Waals surface area contributed by atoms with Gasteiger partial charge in [-0.2, -0.15) is 0 Å². The molecule has 2 aromatic carbocycles. The third-order valence-electron chi connectivity index (χ3n) is 3.67. The van der Waals surface area contributed by atoms with Crippen LogP contribution < -0.4 is 0 Å². The number of carbonyl (C=O) groups is 1. The molecule has 2 aromatic rings. The maximum absolute atomic E-state index is 11.7. The fourth-order valence-corrected chi connectivity index (χ4v) is 2.66. The van der Waals surface area contributed by atoms with Crippen LogP contribution >= 0.6 is 0 Å². The first-order valence-corrected chi connectivity index (χ1v) is 6.63. The minimum Gasteiger partial charge on any atom is -0.302 e. The molecule has 2 rings (SSSR count). The Morgan fingerprint density at radius 2 is 1.79 bits per heavy atom. The van der Waals surface area contributed by atoms with Gasteiger partial charge in [-0.05, 0) is 43.9 Å². The van der Waals surface area contributed by atoms with Crippen LogP contribution in [0.2, 0.25) is 0 Å². The van der Waals surface area contributed by atoms with E-state index >= 15 is 0 Å². The molecule has 0 bridgehead atoms. The number of hydrogen-bond acceptors (Lipinski definition) is 1. The maximum atomic E-state index is 11.7. The standard InChI is InChI=1S/C18H20O/c1-14-7-6-9-16(11-14)12-18(3,13-19)17-10-5-4-8-15(17)2/h4-11,13H,12H2,1-3H3. The predicted octanol–water partition coefficient (Wildman–Crippen LogP) is 4.00. The number of aryl methyl sites for hydroxylation is 2. The van der Waals surface area contributed by atoms with E-state index in [0.717, 1.165) is 18.3 Å². The molecule has 0 aliphatic rings. The molecule has 1 unspecified atom stereocenters. The Morgan fingerprint density at radius 1 is 1.05 bits per heavy atom. The Bertz CT molecular complexity index is 586. The number of benzene rings is 2. The Labute approximate surface area is 115 Å². The van der Waals surface area contributed by atoms with E-state index < -0.39 is 5.41 Å². The van der Waals surface area contributed by atoms with Crippen molar-refractivity contribution in [3.8, 4) is 0 Å². The van der Waals surface area contributed by atoms with Gasteiger partial charge < -0.3 is 4.79 Å². The Kier molecular flexibility index (Phi) is 3.84. The van der Waals surface area contributed by atoms with Crippen molar-refractivity contribution < 1.29 is 4.79 Å². The van der Waals surface area contributed by atoms with Crippen molar-refractivity contribution >= 4 is 6.29 Å². The smallest absolute Gasteiger partial charge is 0.130 e. The molecule has 0 spiro atoms. The van der Waals surface area contributed by atoms with Gasteiger partial charge in [0.2, 0.25) is 0 Å². The molecular formula is C18H20O. The summed E-state index contributed by atoms with van der Waals surface area (Å²) in [5, 5.41) is 0. The predicted molar refractivity (Wildman–Crippen MR) is 79.5 cm³/mol. The van der Waals surface area contributed by atoms with E-state index in [4.69, 9.17) is 0 Å². The number of rotatable bonds is 4. The summed E-state index contributed by atoms with van der Waals surface area (Å²) in [7, 11) is 0. The Balaban J connectivity index is 2.39. The lowest BCUT2D eigenvalue weighted by atomic mass is 9.76. The molecule has 1 atom stereocenters. The van der Waals surface area contributed by atoms with Crippen LogP contribution in [0.4, 0.5) is 0 Å². The topological polar surface area (TPSA) is 17.1 Å². The minimum atomic E-state index is -0.459. The van der Waals surface area contributed by atoms with Gasteiger partial charge in [0, 0.05) is 0 Å². The lowest BCUT2D eigenvalue weighted by Crippen LogP contribution is -2.27. The maximum Gasteiger partial charge on any atom is 0.130 e. The summed E-state index contributed by atoms with van der Waals surface area (Å²) in [6, 6.07) is 16.5. The third kappa shape index (κ3) is 2.93. The fourth-order valence-electron chi connectivity index (χ4n) is 2.66.